The largest absolute Gasteiger partial charge is 0.312 e. The van der Waals surface area contributed by atoms with E-state index in [2.05, 4.69) is 12.2 Å². The molecule has 2 atom stereocenters. The number of rotatable bonds is 4. The van der Waals surface area contributed by atoms with Crippen molar-refractivity contribution in [2.45, 2.75) is 32.7 Å². The Morgan fingerprint density at radius 1 is 1.11 bits per heavy atom. The molecule has 2 unspecified atom stereocenters. The van der Waals surface area contributed by atoms with Crippen LogP contribution in [0.5, 0.6) is 0 Å². The van der Waals surface area contributed by atoms with Crippen molar-refractivity contribution >= 4 is 0 Å². The van der Waals surface area contributed by atoms with E-state index in [-0.39, 0.29) is 12.1 Å². The molecule has 0 amide bonds. The van der Waals surface area contributed by atoms with Crippen molar-refractivity contribution in [3.63, 3.8) is 0 Å². The molecule has 0 heterocycles. The fourth-order valence-electron chi connectivity index (χ4n) is 2.62. The Balaban J connectivity index is 1.85. The van der Waals surface area contributed by atoms with Gasteiger partial charge in [-0.3, -0.25) is 0 Å². The highest BCUT2D eigenvalue weighted by atomic mass is 19.2. The first-order chi connectivity index (χ1) is 8.56. The normalized spacial score (nSPS) is 23.6. The van der Waals surface area contributed by atoms with Gasteiger partial charge < -0.3 is 5.32 Å². The van der Waals surface area contributed by atoms with Crippen molar-refractivity contribution in [2.24, 2.45) is 11.8 Å². The molecule has 0 saturated heterocycles. The van der Waals surface area contributed by atoms with E-state index >= 15 is 0 Å². The molecule has 0 bridgehead atoms. The molecular formula is C14H18F3N. The highest BCUT2D eigenvalue weighted by molar-refractivity contribution is 5.19. The van der Waals surface area contributed by atoms with Gasteiger partial charge in [0, 0.05) is 18.2 Å². The summed E-state index contributed by atoms with van der Waals surface area (Å²) >= 11 is 0. The summed E-state index contributed by atoms with van der Waals surface area (Å²) in [4.78, 5) is 0. The molecule has 2 rings (SSSR count). The molecule has 1 aliphatic carbocycles. The summed E-state index contributed by atoms with van der Waals surface area (Å²) in [6, 6.07) is 1.53. The van der Waals surface area contributed by atoms with E-state index in [1.54, 1.807) is 0 Å². The van der Waals surface area contributed by atoms with E-state index in [0.717, 1.165) is 18.5 Å². The number of benzene rings is 1. The summed E-state index contributed by atoms with van der Waals surface area (Å²) in [6.07, 6.45) is 3.62. The Kier molecular flexibility index (Phi) is 4.27. The summed E-state index contributed by atoms with van der Waals surface area (Å²) in [6.45, 7) is 3.28. The van der Waals surface area contributed by atoms with Gasteiger partial charge in [-0.2, -0.15) is 0 Å². The zero-order valence-electron chi connectivity index (χ0n) is 10.5. The van der Waals surface area contributed by atoms with Crippen LogP contribution < -0.4 is 5.32 Å². The van der Waals surface area contributed by atoms with Crippen LogP contribution in [0, 0.1) is 29.3 Å². The molecule has 0 spiro atoms. The third-order valence-corrected chi connectivity index (χ3v) is 3.64. The smallest absolute Gasteiger partial charge is 0.161 e. The van der Waals surface area contributed by atoms with Crippen LogP contribution in [0.4, 0.5) is 13.2 Å². The van der Waals surface area contributed by atoms with Crippen LogP contribution in [0.1, 0.15) is 31.7 Å². The van der Waals surface area contributed by atoms with Crippen LogP contribution in [-0.4, -0.2) is 6.54 Å². The maximum absolute atomic E-state index is 13.3. The second kappa shape index (κ2) is 5.74. The average Bonchev–Trinajstić information content (AvgIpc) is 2.71. The highest BCUT2D eigenvalue weighted by Crippen LogP contribution is 2.29. The van der Waals surface area contributed by atoms with Crippen LogP contribution in [0.2, 0.25) is 0 Å². The van der Waals surface area contributed by atoms with Gasteiger partial charge >= 0.3 is 0 Å². The molecule has 1 aromatic carbocycles. The quantitative estimate of drug-likeness (QED) is 0.812. The fourth-order valence-corrected chi connectivity index (χ4v) is 2.62. The van der Waals surface area contributed by atoms with E-state index in [0.29, 0.717) is 12.0 Å². The molecule has 1 N–H and O–H groups in total. The lowest BCUT2D eigenvalue weighted by molar-refractivity contribution is 0.459. The van der Waals surface area contributed by atoms with Crippen molar-refractivity contribution in [1.29, 1.82) is 0 Å². The van der Waals surface area contributed by atoms with E-state index in [4.69, 9.17) is 0 Å². The van der Waals surface area contributed by atoms with Gasteiger partial charge in [-0.15, -0.1) is 0 Å². The monoisotopic (exact) mass is 257 g/mol. The van der Waals surface area contributed by atoms with Crippen LogP contribution in [0.25, 0.3) is 0 Å². The second-order valence-electron chi connectivity index (χ2n) is 5.27. The fraction of sp³-hybridized carbons (Fsp3) is 0.571. The molecule has 0 radical (unpaired) electrons. The van der Waals surface area contributed by atoms with Gasteiger partial charge in [-0.1, -0.05) is 13.3 Å². The Morgan fingerprint density at radius 2 is 1.83 bits per heavy atom. The molecule has 1 nitrogen and oxygen atoms in total. The topological polar surface area (TPSA) is 12.0 Å². The second-order valence-corrected chi connectivity index (χ2v) is 5.27. The average molecular weight is 257 g/mol. The van der Waals surface area contributed by atoms with Gasteiger partial charge in [0.1, 0.15) is 5.82 Å². The van der Waals surface area contributed by atoms with Crippen molar-refractivity contribution < 1.29 is 13.2 Å². The van der Waals surface area contributed by atoms with Gasteiger partial charge in [0.2, 0.25) is 0 Å². The first-order valence-corrected chi connectivity index (χ1v) is 6.40. The van der Waals surface area contributed by atoms with Crippen LogP contribution >= 0.6 is 0 Å². The lowest BCUT2D eigenvalue weighted by Gasteiger charge is -2.11. The minimum absolute atomic E-state index is 0.181. The zero-order chi connectivity index (χ0) is 13.1. The van der Waals surface area contributed by atoms with Crippen molar-refractivity contribution in [3.05, 3.63) is 35.1 Å². The summed E-state index contributed by atoms with van der Waals surface area (Å²) in [5, 5.41) is 3.12. The van der Waals surface area contributed by atoms with Gasteiger partial charge in [0.05, 0.1) is 0 Å². The summed E-state index contributed by atoms with van der Waals surface area (Å²) in [5.74, 6) is -1.45. The van der Waals surface area contributed by atoms with E-state index in [1.165, 1.54) is 19.3 Å². The van der Waals surface area contributed by atoms with Gasteiger partial charge in [-0.25, -0.2) is 13.2 Å². The lowest BCUT2D eigenvalue weighted by atomic mass is 10.1. The lowest BCUT2D eigenvalue weighted by Crippen LogP contribution is -2.21. The maximum atomic E-state index is 13.3. The van der Waals surface area contributed by atoms with E-state index in [1.807, 2.05) is 0 Å². The summed E-state index contributed by atoms with van der Waals surface area (Å²) in [7, 11) is 0. The number of nitrogens with one attached hydrogen (secondary N) is 1. The Hall–Kier alpha value is -1.03. The number of halogens is 3. The molecule has 1 aliphatic rings. The SMILES string of the molecule is CC1CCC(CNCc2cc(F)c(F)cc2F)C1. The zero-order valence-corrected chi connectivity index (χ0v) is 10.5. The first kappa shape index (κ1) is 13.4. The molecule has 0 aromatic heterocycles. The van der Waals surface area contributed by atoms with Crippen molar-refractivity contribution in [1.82, 2.24) is 5.32 Å². The maximum Gasteiger partial charge on any atom is 0.161 e. The molecule has 18 heavy (non-hydrogen) atoms. The van der Waals surface area contributed by atoms with Gasteiger partial charge in [0.15, 0.2) is 11.6 Å². The van der Waals surface area contributed by atoms with Crippen LogP contribution in [-0.2, 0) is 6.54 Å². The molecule has 4 heteroatoms. The minimum atomic E-state index is -1.14. The van der Waals surface area contributed by atoms with Crippen molar-refractivity contribution in [2.75, 3.05) is 6.54 Å². The molecule has 0 aliphatic heterocycles. The Bertz CT molecular complexity index is 420. The molecule has 1 saturated carbocycles. The van der Waals surface area contributed by atoms with Gasteiger partial charge in [-0.05, 0) is 37.3 Å². The molecule has 100 valence electrons. The Labute approximate surface area is 105 Å². The molecule has 1 aromatic rings. The third-order valence-electron chi connectivity index (χ3n) is 3.64. The predicted octanol–water partition coefficient (Wildman–Crippen LogP) is 3.63. The van der Waals surface area contributed by atoms with Crippen LogP contribution in [0.15, 0.2) is 12.1 Å². The standard InChI is InChI=1S/C14H18F3N/c1-9-2-3-10(4-9)7-18-8-11-5-13(16)14(17)6-12(11)15/h5-6,9-10,18H,2-4,7-8H2,1H3. The first-order valence-electron chi connectivity index (χ1n) is 6.40. The summed E-state index contributed by atoms with van der Waals surface area (Å²) < 4.78 is 39.1. The summed E-state index contributed by atoms with van der Waals surface area (Å²) in [5.41, 5.74) is 0.181. The third kappa shape index (κ3) is 3.25. The van der Waals surface area contributed by atoms with Crippen LogP contribution in [0.3, 0.4) is 0 Å². The minimum Gasteiger partial charge on any atom is -0.312 e. The predicted molar refractivity (Wildman–Crippen MR) is 64.5 cm³/mol. The highest BCUT2D eigenvalue weighted by Gasteiger charge is 2.20. The number of hydrogen-bond acceptors (Lipinski definition) is 1. The van der Waals surface area contributed by atoms with Crippen molar-refractivity contribution in [3.8, 4) is 0 Å². The molecular weight excluding hydrogens is 239 g/mol. The van der Waals surface area contributed by atoms with E-state index in [9.17, 15) is 13.2 Å². The van der Waals surface area contributed by atoms with E-state index < -0.39 is 17.5 Å². The Morgan fingerprint density at radius 3 is 2.50 bits per heavy atom. The van der Waals surface area contributed by atoms with Gasteiger partial charge in [0.25, 0.3) is 0 Å². The molecule has 1 fully saturated rings. The number of hydrogen-bond donors (Lipinski definition) is 1.